The van der Waals surface area contributed by atoms with Gasteiger partial charge in [0.05, 0.1) is 6.20 Å². The molecule has 1 N–H and O–H groups in total. The Labute approximate surface area is 126 Å². The summed E-state index contributed by atoms with van der Waals surface area (Å²) in [6.45, 7) is 1.68. The van der Waals surface area contributed by atoms with E-state index >= 15 is 0 Å². The van der Waals surface area contributed by atoms with Crippen molar-refractivity contribution in [3.8, 4) is 6.07 Å². The standard InChI is InChI=1S/C15H14N4OS/c16-9-13-10-17-15(21-13)18-12-5-3-4-11(8-12)14(20)19-6-1-2-7-19/h3-5,8,10H,1-2,6-7H2,(H,17,18). The second-order valence-electron chi connectivity index (χ2n) is 4.85. The smallest absolute Gasteiger partial charge is 0.253 e. The number of amides is 1. The van der Waals surface area contributed by atoms with Gasteiger partial charge in [-0.2, -0.15) is 5.26 Å². The molecule has 5 nitrogen and oxygen atoms in total. The highest BCUT2D eigenvalue weighted by Crippen LogP contribution is 2.23. The van der Waals surface area contributed by atoms with Gasteiger partial charge in [-0.1, -0.05) is 17.4 Å². The van der Waals surface area contributed by atoms with Gasteiger partial charge >= 0.3 is 0 Å². The van der Waals surface area contributed by atoms with Gasteiger partial charge in [0, 0.05) is 24.3 Å². The first-order valence-corrected chi connectivity index (χ1v) is 7.60. The van der Waals surface area contributed by atoms with Crippen LogP contribution in [0.4, 0.5) is 10.8 Å². The molecule has 0 atom stereocenters. The molecule has 0 spiro atoms. The molecule has 3 rings (SSSR count). The van der Waals surface area contributed by atoms with E-state index in [9.17, 15) is 4.79 Å². The van der Waals surface area contributed by atoms with Crippen molar-refractivity contribution >= 4 is 28.1 Å². The highest BCUT2D eigenvalue weighted by Gasteiger charge is 2.19. The lowest BCUT2D eigenvalue weighted by Crippen LogP contribution is -2.27. The van der Waals surface area contributed by atoms with Gasteiger partial charge in [0.2, 0.25) is 0 Å². The minimum absolute atomic E-state index is 0.0769. The number of carbonyl (C=O) groups excluding carboxylic acids is 1. The topological polar surface area (TPSA) is 69.0 Å². The average molecular weight is 298 g/mol. The normalized spacial score (nSPS) is 14.0. The Balaban J connectivity index is 1.76. The zero-order valence-corrected chi connectivity index (χ0v) is 12.2. The number of nitrogens with one attached hydrogen (secondary N) is 1. The fourth-order valence-corrected chi connectivity index (χ4v) is 2.97. The molecule has 2 aromatic rings. The zero-order chi connectivity index (χ0) is 14.7. The molecule has 106 valence electrons. The summed E-state index contributed by atoms with van der Waals surface area (Å²) in [6.07, 6.45) is 3.70. The van der Waals surface area contributed by atoms with E-state index in [0.29, 0.717) is 15.6 Å². The number of aromatic nitrogens is 1. The quantitative estimate of drug-likeness (QED) is 0.945. The van der Waals surface area contributed by atoms with Gasteiger partial charge in [0.15, 0.2) is 5.13 Å². The highest BCUT2D eigenvalue weighted by atomic mass is 32.1. The van der Waals surface area contributed by atoms with E-state index < -0.39 is 0 Å². The first-order valence-electron chi connectivity index (χ1n) is 6.78. The maximum Gasteiger partial charge on any atom is 0.253 e. The lowest BCUT2D eigenvalue weighted by Gasteiger charge is -2.15. The van der Waals surface area contributed by atoms with Crippen molar-refractivity contribution < 1.29 is 4.79 Å². The van der Waals surface area contributed by atoms with E-state index in [1.807, 2.05) is 29.2 Å². The third kappa shape index (κ3) is 3.03. The summed E-state index contributed by atoms with van der Waals surface area (Å²) < 4.78 is 0. The van der Waals surface area contributed by atoms with Crippen LogP contribution in [0.2, 0.25) is 0 Å². The van der Waals surface area contributed by atoms with E-state index in [1.54, 1.807) is 0 Å². The second-order valence-corrected chi connectivity index (χ2v) is 5.88. The fraction of sp³-hybridized carbons (Fsp3) is 0.267. The van der Waals surface area contributed by atoms with Crippen molar-refractivity contribution in [2.24, 2.45) is 0 Å². The number of nitrogens with zero attached hydrogens (tertiary/aromatic N) is 3. The molecule has 1 aromatic carbocycles. The van der Waals surface area contributed by atoms with E-state index in [2.05, 4.69) is 16.4 Å². The Bertz CT molecular complexity index is 698. The third-order valence-electron chi connectivity index (χ3n) is 3.37. The Morgan fingerprint density at radius 2 is 2.19 bits per heavy atom. The Hall–Kier alpha value is -2.39. The second kappa shape index (κ2) is 5.94. The van der Waals surface area contributed by atoms with Crippen molar-refractivity contribution in [2.75, 3.05) is 18.4 Å². The van der Waals surface area contributed by atoms with E-state index in [-0.39, 0.29) is 5.91 Å². The van der Waals surface area contributed by atoms with Crippen molar-refractivity contribution in [1.82, 2.24) is 9.88 Å². The van der Waals surface area contributed by atoms with Crippen LogP contribution in [-0.2, 0) is 0 Å². The SMILES string of the molecule is N#Cc1cnc(Nc2cccc(C(=O)N3CCCC3)c2)s1. The first-order chi connectivity index (χ1) is 10.3. The number of carbonyl (C=O) groups is 1. The number of benzene rings is 1. The largest absolute Gasteiger partial charge is 0.339 e. The first kappa shape index (κ1) is 13.6. The lowest BCUT2D eigenvalue weighted by atomic mass is 10.2. The predicted octanol–water partition coefficient (Wildman–Crippen LogP) is 2.99. The van der Waals surface area contributed by atoms with Gasteiger partial charge in [0.25, 0.3) is 5.91 Å². The molecule has 1 saturated heterocycles. The summed E-state index contributed by atoms with van der Waals surface area (Å²) in [5.41, 5.74) is 1.48. The lowest BCUT2D eigenvalue weighted by molar-refractivity contribution is 0.0793. The molecule has 0 saturated carbocycles. The number of anilines is 2. The number of likely N-dealkylation sites (tertiary alicyclic amines) is 1. The van der Waals surface area contributed by atoms with E-state index in [1.165, 1.54) is 17.5 Å². The molecule has 0 unspecified atom stereocenters. The van der Waals surface area contributed by atoms with Crippen LogP contribution < -0.4 is 5.32 Å². The van der Waals surface area contributed by atoms with Crippen LogP contribution in [0.3, 0.4) is 0 Å². The number of nitriles is 1. The Morgan fingerprint density at radius 1 is 1.38 bits per heavy atom. The molecule has 6 heteroatoms. The summed E-state index contributed by atoms with van der Waals surface area (Å²) in [5.74, 6) is 0.0769. The molecule has 1 aromatic heterocycles. The zero-order valence-electron chi connectivity index (χ0n) is 11.4. The van der Waals surface area contributed by atoms with Crippen molar-refractivity contribution in [3.63, 3.8) is 0 Å². The van der Waals surface area contributed by atoms with Crippen LogP contribution in [0.1, 0.15) is 28.1 Å². The van der Waals surface area contributed by atoms with Crippen LogP contribution >= 0.6 is 11.3 Å². The molecular formula is C15H14N4OS. The number of thiazole rings is 1. The van der Waals surface area contributed by atoms with Gasteiger partial charge in [-0.05, 0) is 31.0 Å². The molecular weight excluding hydrogens is 284 g/mol. The van der Waals surface area contributed by atoms with Crippen LogP contribution in [0.15, 0.2) is 30.5 Å². The summed E-state index contributed by atoms with van der Waals surface area (Å²) in [4.78, 5) is 18.9. The maximum atomic E-state index is 12.3. The predicted molar refractivity (Wildman–Crippen MR) is 81.7 cm³/mol. The third-order valence-corrected chi connectivity index (χ3v) is 4.19. The minimum atomic E-state index is 0.0769. The van der Waals surface area contributed by atoms with E-state index in [4.69, 9.17) is 5.26 Å². The molecule has 1 fully saturated rings. The summed E-state index contributed by atoms with van der Waals surface area (Å²) in [5, 5.41) is 12.6. The monoisotopic (exact) mass is 298 g/mol. The average Bonchev–Trinajstić information content (AvgIpc) is 3.18. The molecule has 1 aliphatic heterocycles. The van der Waals surface area contributed by atoms with Crippen LogP contribution in [0, 0.1) is 11.3 Å². The highest BCUT2D eigenvalue weighted by molar-refractivity contribution is 7.16. The molecule has 0 aliphatic carbocycles. The van der Waals surface area contributed by atoms with Crippen LogP contribution in [-0.4, -0.2) is 28.9 Å². The molecule has 1 amide bonds. The molecule has 2 heterocycles. The fourth-order valence-electron chi connectivity index (χ4n) is 2.34. The van der Waals surface area contributed by atoms with Gasteiger partial charge < -0.3 is 10.2 Å². The minimum Gasteiger partial charge on any atom is -0.339 e. The van der Waals surface area contributed by atoms with Gasteiger partial charge in [-0.3, -0.25) is 4.79 Å². The Kier molecular flexibility index (Phi) is 3.84. The molecule has 0 radical (unpaired) electrons. The molecule has 21 heavy (non-hydrogen) atoms. The van der Waals surface area contributed by atoms with Crippen LogP contribution in [0.25, 0.3) is 0 Å². The number of hydrogen-bond donors (Lipinski definition) is 1. The van der Waals surface area contributed by atoms with Gasteiger partial charge in [0.1, 0.15) is 10.9 Å². The van der Waals surface area contributed by atoms with E-state index in [0.717, 1.165) is 31.6 Å². The van der Waals surface area contributed by atoms with Gasteiger partial charge in [-0.25, -0.2) is 4.98 Å². The molecule has 0 bridgehead atoms. The Morgan fingerprint density at radius 3 is 2.90 bits per heavy atom. The molecule has 1 aliphatic rings. The van der Waals surface area contributed by atoms with Crippen molar-refractivity contribution in [2.45, 2.75) is 12.8 Å². The van der Waals surface area contributed by atoms with Crippen LogP contribution in [0.5, 0.6) is 0 Å². The van der Waals surface area contributed by atoms with Gasteiger partial charge in [-0.15, -0.1) is 0 Å². The maximum absolute atomic E-state index is 12.3. The van der Waals surface area contributed by atoms with Crippen molar-refractivity contribution in [3.05, 3.63) is 40.9 Å². The summed E-state index contributed by atoms with van der Waals surface area (Å²) in [6, 6.07) is 9.45. The number of rotatable bonds is 3. The summed E-state index contributed by atoms with van der Waals surface area (Å²) >= 11 is 1.29. The van der Waals surface area contributed by atoms with Crippen molar-refractivity contribution in [1.29, 1.82) is 5.26 Å². The summed E-state index contributed by atoms with van der Waals surface area (Å²) in [7, 11) is 0. The number of hydrogen-bond acceptors (Lipinski definition) is 5.